The highest BCUT2D eigenvalue weighted by molar-refractivity contribution is 4.92. The van der Waals surface area contributed by atoms with E-state index in [1.54, 1.807) is 0 Å². The van der Waals surface area contributed by atoms with Gasteiger partial charge in [0, 0.05) is 0 Å². The SMILES string of the molecule is CC(C)CC(C)CC1(O)CCCCC1C(C)C. The zero-order valence-corrected chi connectivity index (χ0v) is 12.5. The first-order chi connectivity index (χ1) is 7.85. The summed E-state index contributed by atoms with van der Waals surface area (Å²) in [6.07, 6.45) is 7.03. The first-order valence-electron chi connectivity index (χ1n) is 7.57. The maximum Gasteiger partial charge on any atom is 0.0680 e. The predicted molar refractivity (Wildman–Crippen MR) is 75.0 cm³/mol. The average molecular weight is 240 g/mol. The van der Waals surface area contributed by atoms with Crippen molar-refractivity contribution in [1.82, 2.24) is 0 Å². The summed E-state index contributed by atoms with van der Waals surface area (Å²) in [6.45, 7) is 11.4. The Balaban J connectivity index is 2.62. The standard InChI is InChI=1S/C16H32O/c1-12(2)10-14(5)11-16(17)9-7-6-8-15(16)13(3)4/h12-15,17H,6-11H2,1-5H3. The monoisotopic (exact) mass is 240 g/mol. The first-order valence-corrected chi connectivity index (χ1v) is 7.57. The lowest BCUT2D eigenvalue weighted by Crippen LogP contribution is -2.44. The Labute approximate surface area is 108 Å². The third-order valence-corrected chi connectivity index (χ3v) is 4.45. The molecule has 0 aromatic rings. The van der Waals surface area contributed by atoms with Gasteiger partial charge >= 0.3 is 0 Å². The molecule has 0 heterocycles. The lowest BCUT2D eigenvalue weighted by Gasteiger charge is -2.44. The van der Waals surface area contributed by atoms with Gasteiger partial charge in [0.15, 0.2) is 0 Å². The second-order valence-electron chi connectivity index (χ2n) is 7.14. The summed E-state index contributed by atoms with van der Waals surface area (Å²) in [6, 6.07) is 0. The van der Waals surface area contributed by atoms with Gasteiger partial charge in [-0.2, -0.15) is 0 Å². The average Bonchev–Trinajstić information content (AvgIpc) is 2.14. The second kappa shape index (κ2) is 6.22. The highest BCUT2D eigenvalue weighted by Gasteiger charge is 2.40. The molecule has 0 bridgehead atoms. The molecule has 1 nitrogen and oxygen atoms in total. The maximum absolute atomic E-state index is 11.0. The Morgan fingerprint density at radius 1 is 1.12 bits per heavy atom. The van der Waals surface area contributed by atoms with Crippen LogP contribution in [0.25, 0.3) is 0 Å². The topological polar surface area (TPSA) is 20.2 Å². The van der Waals surface area contributed by atoms with Crippen molar-refractivity contribution in [1.29, 1.82) is 0 Å². The van der Waals surface area contributed by atoms with Crippen molar-refractivity contribution in [3.05, 3.63) is 0 Å². The van der Waals surface area contributed by atoms with Crippen molar-refractivity contribution in [2.75, 3.05) is 0 Å². The van der Waals surface area contributed by atoms with Gasteiger partial charge in [0.05, 0.1) is 5.60 Å². The summed E-state index contributed by atoms with van der Waals surface area (Å²) >= 11 is 0. The number of hydrogen-bond acceptors (Lipinski definition) is 1. The predicted octanol–water partition coefficient (Wildman–Crippen LogP) is 4.64. The van der Waals surface area contributed by atoms with E-state index in [1.807, 2.05) is 0 Å². The van der Waals surface area contributed by atoms with Crippen LogP contribution < -0.4 is 0 Å². The van der Waals surface area contributed by atoms with Crippen LogP contribution in [0.4, 0.5) is 0 Å². The molecule has 1 aliphatic rings. The summed E-state index contributed by atoms with van der Waals surface area (Å²) in [5.41, 5.74) is -0.374. The van der Waals surface area contributed by atoms with E-state index in [2.05, 4.69) is 34.6 Å². The quantitative estimate of drug-likeness (QED) is 0.742. The van der Waals surface area contributed by atoms with E-state index in [0.29, 0.717) is 17.8 Å². The van der Waals surface area contributed by atoms with E-state index in [4.69, 9.17) is 0 Å². The molecule has 17 heavy (non-hydrogen) atoms. The molecule has 1 saturated carbocycles. The number of aliphatic hydroxyl groups is 1. The van der Waals surface area contributed by atoms with Crippen molar-refractivity contribution < 1.29 is 5.11 Å². The minimum absolute atomic E-state index is 0.374. The Hall–Kier alpha value is -0.0400. The van der Waals surface area contributed by atoms with Crippen LogP contribution in [0.3, 0.4) is 0 Å². The van der Waals surface area contributed by atoms with Crippen LogP contribution >= 0.6 is 0 Å². The zero-order chi connectivity index (χ0) is 13.1. The molecule has 0 amide bonds. The highest BCUT2D eigenvalue weighted by atomic mass is 16.3. The van der Waals surface area contributed by atoms with Crippen molar-refractivity contribution in [2.45, 2.75) is 78.7 Å². The lowest BCUT2D eigenvalue weighted by molar-refractivity contribution is -0.0821. The Bertz CT molecular complexity index is 222. The molecule has 0 radical (unpaired) electrons. The molecule has 3 atom stereocenters. The summed E-state index contributed by atoms with van der Waals surface area (Å²) < 4.78 is 0. The van der Waals surface area contributed by atoms with E-state index in [0.717, 1.165) is 18.8 Å². The summed E-state index contributed by atoms with van der Waals surface area (Å²) in [5.74, 6) is 2.53. The minimum Gasteiger partial charge on any atom is -0.390 e. The van der Waals surface area contributed by atoms with Gasteiger partial charge in [0.2, 0.25) is 0 Å². The number of rotatable bonds is 5. The smallest absolute Gasteiger partial charge is 0.0680 e. The molecule has 3 unspecified atom stereocenters. The van der Waals surface area contributed by atoms with Crippen molar-refractivity contribution in [2.24, 2.45) is 23.7 Å². The van der Waals surface area contributed by atoms with Gasteiger partial charge in [-0.25, -0.2) is 0 Å². The van der Waals surface area contributed by atoms with Gasteiger partial charge < -0.3 is 5.11 Å². The second-order valence-corrected chi connectivity index (χ2v) is 7.14. The van der Waals surface area contributed by atoms with Crippen LogP contribution in [0.15, 0.2) is 0 Å². The molecule has 1 rings (SSSR count). The molecule has 0 aromatic carbocycles. The van der Waals surface area contributed by atoms with Gasteiger partial charge in [-0.15, -0.1) is 0 Å². The number of hydrogen-bond donors (Lipinski definition) is 1. The highest BCUT2D eigenvalue weighted by Crippen LogP contribution is 2.42. The van der Waals surface area contributed by atoms with Gasteiger partial charge in [0.1, 0.15) is 0 Å². The summed E-state index contributed by atoms with van der Waals surface area (Å²) in [5, 5.41) is 11.0. The summed E-state index contributed by atoms with van der Waals surface area (Å²) in [4.78, 5) is 0. The molecule has 1 N–H and O–H groups in total. The van der Waals surface area contributed by atoms with Crippen LogP contribution in [0.5, 0.6) is 0 Å². The van der Waals surface area contributed by atoms with Crippen molar-refractivity contribution >= 4 is 0 Å². The Morgan fingerprint density at radius 2 is 1.76 bits per heavy atom. The fourth-order valence-corrected chi connectivity index (χ4v) is 3.95. The van der Waals surface area contributed by atoms with Gasteiger partial charge in [-0.05, 0) is 49.4 Å². The van der Waals surface area contributed by atoms with E-state index in [1.165, 1.54) is 25.7 Å². The molecule has 1 fully saturated rings. The molecule has 1 aliphatic carbocycles. The fourth-order valence-electron chi connectivity index (χ4n) is 3.95. The molecular formula is C16H32O. The van der Waals surface area contributed by atoms with Crippen molar-refractivity contribution in [3.63, 3.8) is 0 Å². The molecule has 0 spiro atoms. The third kappa shape index (κ3) is 4.28. The van der Waals surface area contributed by atoms with E-state index >= 15 is 0 Å². The van der Waals surface area contributed by atoms with Crippen LogP contribution in [-0.4, -0.2) is 10.7 Å². The molecule has 0 saturated heterocycles. The zero-order valence-electron chi connectivity index (χ0n) is 12.5. The molecule has 0 aromatic heterocycles. The fraction of sp³-hybridized carbons (Fsp3) is 1.00. The Kier molecular flexibility index (Phi) is 5.50. The van der Waals surface area contributed by atoms with Gasteiger partial charge in [0.25, 0.3) is 0 Å². The van der Waals surface area contributed by atoms with Crippen LogP contribution in [0, 0.1) is 23.7 Å². The van der Waals surface area contributed by atoms with E-state index in [9.17, 15) is 5.11 Å². The van der Waals surface area contributed by atoms with Crippen LogP contribution in [-0.2, 0) is 0 Å². The normalized spacial score (nSPS) is 32.1. The maximum atomic E-state index is 11.0. The van der Waals surface area contributed by atoms with E-state index < -0.39 is 0 Å². The molecule has 1 heteroatoms. The molecular weight excluding hydrogens is 208 g/mol. The molecule has 0 aliphatic heterocycles. The largest absolute Gasteiger partial charge is 0.390 e. The minimum atomic E-state index is -0.374. The summed E-state index contributed by atoms with van der Waals surface area (Å²) in [7, 11) is 0. The van der Waals surface area contributed by atoms with Gasteiger partial charge in [-0.3, -0.25) is 0 Å². The van der Waals surface area contributed by atoms with Crippen LogP contribution in [0.1, 0.15) is 73.1 Å². The first kappa shape index (κ1) is 15.0. The van der Waals surface area contributed by atoms with Gasteiger partial charge in [-0.1, -0.05) is 47.5 Å². The third-order valence-electron chi connectivity index (χ3n) is 4.45. The van der Waals surface area contributed by atoms with Crippen LogP contribution in [0.2, 0.25) is 0 Å². The lowest BCUT2D eigenvalue weighted by atomic mass is 9.66. The van der Waals surface area contributed by atoms with Crippen molar-refractivity contribution in [3.8, 4) is 0 Å². The van der Waals surface area contributed by atoms with E-state index in [-0.39, 0.29) is 5.60 Å². The Morgan fingerprint density at radius 3 is 2.29 bits per heavy atom. The molecule has 102 valence electrons.